The van der Waals surface area contributed by atoms with Crippen LogP contribution in [0.15, 0.2) is 22.8 Å². The van der Waals surface area contributed by atoms with E-state index in [9.17, 15) is 0 Å². The highest BCUT2D eigenvalue weighted by atomic mass is 14.8. The van der Waals surface area contributed by atoms with E-state index in [2.05, 4.69) is 16.6 Å². The minimum atomic E-state index is 0.948. The Morgan fingerprint density at radius 2 is 2.25 bits per heavy atom. The van der Waals surface area contributed by atoms with Crippen LogP contribution in [-0.4, -0.2) is 12.6 Å². The third-order valence-corrected chi connectivity index (χ3v) is 0.527. The molecule has 2 nitrogen and oxygen atoms in total. The van der Waals surface area contributed by atoms with E-state index < -0.39 is 0 Å². The van der Waals surface area contributed by atoms with Crippen LogP contribution in [0.3, 0.4) is 0 Å². The summed E-state index contributed by atoms with van der Waals surface area (Å²) < 4.78 is 0. The molecular formula is C6H10N2. The maximum absolute atomic E-state index is 3.79. The van der Waals surface area contributed by atoms with Crippen LogP contribution >= 0.6 is 0 Å². The second-order valence-electron chi connectivity index (χ2n) is 1.19. The van der Waals surface area contributed by atoms with Crippen molar-refractivity contribution in [3.05, 3.63) is 12.8 Å². The minimum absolute atomic E-state index is 0.948. The molecule has 0 heterocycles. The van der Waals surface area contributed by atoms with E-state index in [-0.39, 0.29) is 0 Å². The van der Waals surface area contributed by atoms with Crippen LogP contribution in [-0.2, 0) is 0 Å². The zero-order chi connectivity index (χ0) is 6.24. The van der Waals surface area contributed by atoms with Gasteiger partial charge in [-0.1, -0.05) is 13.5 Å². The molecule has 0 aliphatic heterocycles. The molecule has 0 aliphatic carbocycles. The largest absolute Gasteiger partial charge is 0.249 e. The summed E-state index contributed by atoms with van der Waals surface area (Å²) in [5.41, 5.74) is 0. The van der Waals surface area contributed by atoms with E-state index in [1.165, 1.54) is 12.5 Å². The molecule has 0 amide bonds. The van der Waals surface area contributed by atoms with Gasteiger partial charge in [0.05, 0.1) is 0 Å². The van der Waals surface area contributed by atoms with Crippen LogP contribution in [0, 0.1) is 0 Å². The van der Waals surface area contributed by atoms with Gasteiger partial charge in [0, 0.05) is 12.4 Å². The van der Waals surface area contributed by atoms with Crippen molar-refractivity contribution in [3.8, 4) is 0 Å². The first kappa shape index (κ1) is 7.08. The summed E-state index contributed by atoms with van der Waals surface area (Å²) in [4.78, 5) is 7.44. The van der Waals surface area contributed by atoms with Crippen molar-refractivity contribution in [1.29, 1.82) is 0 Å². The second-order valence-corrected chi connectivity index (χ2v) is 1.19. The molecule has 0 fully saturated rings. The van der Waals surface area contributed by atoms with Gasteiger partial charge in [0.1, 0.15) is 6.34 Å². The number of aliphatic imine (C=N–C) groups is 2. The number of rotatable bonds is 3. The number of hydrogen-bond acceptors (Lipinski definition) is 1. The van der Waals surface area contributed by atoms with Gasteiger partial charge in [0.15, 0.2) is 0 Å². The quantitative estimate of drug-likeness (QED) is 0.389. The molecule has 0 aromatic carbocycles. The molecule has 0 rings (SSSR count). The molecule has 0 saturated carbocycles. The monoisotopic (exact) mass is 110 g/mol. The van der Waals surface area contributed by atoms with Gasteiger partial charge in [0.25, 0.3) is 0 Å². The average molecular weight is 110 g/mol. The number of hydrogen-bond donors (Lipinski definition) is 0. The van der Waals surface area contributed by atoms with Gasteiger partial charge < -0.3 is 0 Å². The molecule has 0 aliphatic rings. The third kappa shape index (κ3) is 5.08. The zero-order valence-electron chi connectivity index (χ0n) is 5.04. The van der Waals surface area contributed by atoms with E-state index in [0.717, 1.165) is 6.42 Å². The maximum atomic E-state index is 3.79. The fourth-order valence-electron chi connectivity index (χ4n) is 0.238. The molecule has 2 heteroatoms. The van der Waals surface area contributed by atoms with Crippen molar-refractivity contribution in [2.75, 3.05) is 0 Å². The standard InChI is InChI=1S/C6H10N2/c1-3-5-8-6-7-4-2/h4-6H,2-3H2,1H3. The van der Waals surface area contributed by atoms with Crippen LogP contribution in [0.4, 0.5) is 0 Å². The lowest BCUT2D eigenvalue weighted by atomic mass is 10.5. The summed E-state index contributed by atoms with van der Waals surface area (Å²) in [5.74, 6) is 0. The van der Waals surface area contributed by atoms with Crippen molar-refractivity contribution in [2.45, 2.75) is 13.3 Å². The topological polar surface area (TPSA) is 24.7 Å². The van der Waals surface area contributed by atoms with Crippen LogP contribution in [0.5, 0.6) is 0 Å². The van der Waals surface area contributed by atoms with Crippen molar-refractivity contribution in [1.82, 2.24) is 0 Å². The second kappa shape index (κ2) is 6.08. The lowest BCUT2D eigenvalue weighted by Gasteiger charge is -1.71. The zero-order valence-corrected chi connectivity index (χ0v) is 5.04. The Labute approximate surface area is 49.7 Å². The SMILES string of the molecule is C=CN=CN=CCC. The molecule has 44 valence electrons. The van der Waals surface area contributed by atoms with E-state index in [1.807, 2.05) is 6.92 Å². The van der Waals surface area contributed by atoms with Gasteiger partial charge in [-0.25, -0.2) is 9.98 Å². The normalized spacial score (nSPS) is 11.1. The molecular weight excluding hydrogens is 100 g/mol. The lowest BCUT2D eigenvalue weighted by molar-refractivity contribution is 1.32. The summed E-state index contributed by atoms with van der Waals surface area (Å²) in [7, 11) is 0. The van der Waals surface area contributed by atoms with Crippen molar-refractivity contribution in [3.63, 3.8) is 0 Å². The molecule has 0 spiro atoms. The van der Waals surface area contributed by atoms with Gasteiger partial charge >= 0.3 is 0 Å². The highest BCUT2D eigenvalue weighted by Gasteiger charge is 1.60. The summed E-state index contributed by atoms with van der Waals surface area (Å²) in [6.07, 6.45) is 5.65. The third-order valence-electron chi connectivity index (χ3n) is 0.527. The lowest BCUT2D eigenvalue weighted by Crippen LogP contribution is -1.67. The molecule has 0 aromatic heterocycles. The average Bonchev–Trinajstić information content (AvgIpc) is 1.81. The Hall–Kier alpha value is -0.920. The first-order valence-electron chi connectivity index (χ1n) is 2.56. The molecule has 0 aromatic rings. The predicted molar refractivity (Wildman–Crippen MR) is 37.5 cm³/mol. The Morgan fingerprint density at radius 3 is 2.75 bits per heavy atom. The van der Waals surface area contributed by atoms with Crippen LogP contribution in [0.25, 0.3) is 0 Å². The molecule has 0 unspecified atom stereocenters. The minimum Gasteiger partial charge on any atom is -0.249 e. The van der Waals surface area contributed by atoms with Gasteiger partial charge in [-0.2, -0.15) is 0 Å². The number of nitrogens with zero attached hydrogens (tertiary/aromatic N) is 2. The fraction of sp³-hybridized carbons (Fsp3) is 0.333. The summed E-state index contributed by atoms with van der Waals surface area (Å²) in [5, 5.41) is 0. The van der Waals surface area contributed by atoms with Crippen molar-refractivity contribution in [2.24, 2.45) is 9.98 Å². The van der Waals surface area contributed by atoms with E-state index >= 15 is 0 Å². The Bertz CT molecular complexity index is 103. The Kier molecular flexibility index (Phi) is 5.38. The molecule has 0 atom stereocenters. The molecule has 0 bridgehead atoms. The maximum Gasteiger partial charge on any atom is 0.114 e. The van der Waals surface area contributed by atoms with E-state index in [0.29, 0.717) is 0 Å². The van der Waals surface area contributed by atoms with Gasteiger partial charge in [-0.15, -0.1) is 0 Å². The highest BCUT2D eigenvalue weighted by molar-refractivity contribution is 5.72. The van der Waals surface area contributed by atoms with Crippen molar-refractivity contribution >= 4 is 12.6 Å². The van der Waals surface area contributed by atoms with Crippen LogP contribution in [0.2, 0.25) is 0 Å². The molecule has 8 heavy (non-hydrogen) atoms. The van der Waals surface area contributed by atoms with Gasteiger partial charge in [-0.05, 0) is 6.42 Å². The van der Waals surface area contributed by atoms with Gasteiger partial charge in [-0.3, -0.25) is 0 Å². The molecule has 0 saturated heterocycles. The molecule has 0 N–H and O–H groups in total. The van der Waals surface area contributed by atoms with Crippen LogP contribution < -0.4 is 0 Å². The first-order chi connectivity index (χ1) is 3.91. The molecule has 0 radical (unpaired) electrons. The van der Waals surface area contributed by atoms with E-state index in [4.69, 9.17) is 0 Å². The summed E-state index contributed by atoms with van der Waals surface area (Å²) in [6, 6.07) is 0. The van der Waals surface area contributed by atoms with Crippen molar-refractivity contribution < 1.29 is 0 Å². The Balaban J connectivity index is 3.26. The Morgan fingerprint density at radius 1 is 1.50 bits per heavy atom. The smallest absolute Gasteiger partial charge is 0.114 e. The summed E-state index contributed by atoms with van der Waals surface area (Å²) in [6.45, 7) is 5.41. The van der Waals surface area contributed by atoms with Gasteiger partial charge in [0.2, 0.25) is 0 Å². The van der Waals surface area contributed by atoms with Crippen LogP contribution in [0.1, 0.15) is 13.3 Å². The fourth-order valence-corrected chi connectivity index (χ4v) is 0.238. The van der Waals surface area contributed by atoms with E-state index in [1.54, 1.807) is 6.21 Å². The predicted octanol–water partition coefficient (Wildman–Crippen LogP) is 1.64. The first-order valence-corrected chi connectivity index (χ1v) is 2.56. The summed E-state index contributed by atoms with van der Waals surface area (Å²) >= 11 is 0. The highest BCUT2D eigenvalue weighted by Crippen LogP contribution is 1.67.